The van der Waals surface area contributed by atoms with Crippen molar-refractivity contribution >= 4 is 0 Å². The molecule has 0 aromatic carbocycles. The van der Waals surface area contributed by atoms with Gasteiger partial charge in [0.15, 0.2) is 0 Å². The van der Waals surface area contributed by atoms with E-state index in [1.54, 1.807) is 0 Å². The van der Waals surface area contributed by atoms with Crippen LogP contribution in [0.15, 0.2) is 12.2 Å². The number of hydrogen-bond acceptors (Lipinski definition) is 2. The van der Waals surface area contributed by atoms with Crippen molar-refractivity contribution in [3.05, 3.63) is 12.2 Å². The number of piperazine rings is 1. The smallest absolute Gasteiger partial charge is 0.0252 e. The molecule has 1 aliphatic heterocycles. The molecule has 2 atom stereocenters. The van der Waals surface area contributed by atoms with E-state index in [2.05, 4.69) is 36.2 Å². The lowest BCUT2D eigenvalue weighted by molar-refractivity contribution is 0.134. The monoisotopic (exact) mass is 194 g/mol. The summed E-state index contributed by atoms with van der Waals surface area (Å²) < 4.78 is 0. The van der Waals surface area contributed by atoms with E-state index in [0.717, 1.165) is 18.5 Å². The molecule has 14 heavy (non-hydrogen) atoms. The molecule has 0 amide bonds. The van der Waals surface area contributed by atoms with Gasteiger partial charge in [-0.2, -0.15) is 0 Å². The van der Waals surface area contributed by atoms with E-state index in [4.69, 9.17) is 0 Å². The first-order valence-electron chi connectivity index (χ1n) is 5.90. The highest BCUT2D eigenvalue weighted by molar-refractivity contribution is 4.96. The Kier molecular flexibility index (Phi) is 3.24. The molecule has 1 aliphatic carbocycles. The molecular weight excluding hydrogens is 172 g/mol. The van der Waals surface area contributed by atoms with E-state index in [1.807, 2.05) is 0 Å². The number of nitrogens with zero attached hydrogens (tertiary/aromatic N) is 1. The topological polar surface area (TPSA) is 15.3 Å². The summed E-state index contributed by atoms with van der Waals surface area (Å²) in [6, 6.07) is 1.47. The van der Waals surface area contributed by atoms with Crippen LogP contribution in [0.4, 0.5) is 0 Å². The fourth-order valence-electron chi connectivity index (χ4n) is 2.40. The molecule has 2 fully saturated rings. The lowest BCUT2D eigenvalue weighted by Crippen LogP contribution is -2.56. The molecule has 2 heteroatoms. The molecule has 80 valence electrons. The van der Waals surface area contributed by atoms with Gasteiger partial charge < -0.3 is 5.32 Å². The second-order valence-electron chi connectivity index (χ2n) is 4.74. The Morgan fingerprint density at radius 3 is 2.86 bits per heavy atom. The van der Waals surface area contributed by atoms with Gasteiger partial charge in [-0.3, -0.25) is 4.90 Å². The van der Waals surface area contributed by atoms with Gasteiger partial charge in [-0.25, -0.2) is 0 Å². The summed E-state index contributed by atoms with van der Waals surface area (Å²) in [5, 5.41) is 3.59. The van der Waals surface area contributed by atoms with Crippen molar-refractivity contribution in [2.24, 2.45) is 5.92 Å². The fourth-order valence-corrected chi connectivity index (χ4v) is 2.40. The normalized spacial score (nSPS) is 35.3. The molecule has 0 aromatic heterocycles. The highest BCUT2D eigenvalue weighted by Gasteiger charge is 2.37. The molecule has 2 unspecified atom stereocenters. The van der Waals surface area contributed by atoms with Gasteiger partial charge >= 0.3 is 0 Å². The van der Waals surface area contributed by atoms with E-state index in [-0.39, 0.29) is 0 Å². The highest BCUT2D eigenvalue weighted by atomic mass is 15.2. The number of hydrogen-bond donors (Lipinski definition) is 1. The zero-order chi connectivity index (χ0) is 9.97. The van der Waals surface area contributed by atoms with Crippen LogP contribution < -0.4 is 5.32 Å². The Morgan fingerprint density at radius 2 is 2.21 bits per heavy atom. The maximum absolute atomic E-state index is 3.59. The highest BCUT2D eigenvalue weighted by Crippen LogP contribution is 2.36. The first-order chi connectivity index (χ1) is 6.81. The van der Waals surface area contributed by atoms with Gasteiger partial charge in [0.2, 0.25) is 0 Å². The molecule has 0 bridgehead atoms. The number of nitrogens with one attached hydrogen (secondary N) is 1. The van der Waals surface area contributed by atoms with Crippen LogP contribution in [0.25, 0.3) is 0 Å². The van der Waals surface area contributed by atoms with Crippen LogP contribution in [-0.4, -0.2) is 36.6 Å². The molecule has 1 saturated carbocycles. The second kappa shape index (κ2) is 4.45. The number of rotatable bonds is 3. The van der Waals surface area contributed by atoms with Crippen molar-refractivity contribution in [1.29, 1.82) is 0 Å². The third kappa shape index (κ3) is 2.37. The number of allylic oxidation sites excluding steroid dienone is 1. The maximum atomic E-state index is 3.59. The zero-order valence-corrected chi connectivity index (χ0v) is 9.37. The molecule has 2 aliphatic rings. The van der Waals surface area contributed by atoms with Gasteiger partial charge in [-0.05, 0) is 32.6 Å². The summed E-state index contributed by atoms with van der Waals surface area (Å²) in [5.74, 6) is 0.986. The van der Waals surface area contributed by atoms with E-state index < -0.39 is 0 Å². The first kappa shape index (κ1) is 10.2. The first-order valence-corrected chi connectivity index (χ1v) is 5.90. The van der Waals surface area contributed by atoms with Crippen molar-refractivity contribution in [2.75, 3.05) is 19.6 Å². The van der Waals surface area contributed by atoms with Gasteiger partial charge in [0, 0.05) is 31.7 Å². The third-order valence-electron chi connectivity index (χ3n) is 3.39. The SMILES string of the molecule is C/C=C/CN1CC(C)NCC1C1CC1. The Balaban J connectivity index is 1.91. The van der Waals surface area contributed by atoms with E-state index >= 15 is 0 Å². The minimum Gasteiger partial charge on any atom is -0.311 e. The summed E-state index contributed by atoms with van der Waals surface area (Å²) in [6.07, 6.45) is 7.35. The Bertz CT molecular complexity index is 208. The lowest BCUT2D eigenvalue weighted by Gasteiger charge is -2.39. The van der Waals surface area contributed by atoms with E-state index in [9.17, 15) is 0 Å². The van der Waals surface area contributed by atoms with Crippen LogP contribution in [0.2, 0.25) is 0 Å². The summed E-state index contributed by atoms with van der Waals surface area (Å²) in [4.78, 5) is 2.65. The molecule has 0 aromatic rings. The van der Waals surface area contributed by atoms with Crippen LogP contribution in [0.1, 0.15) is 26.7 Å². The van der Waals surface area contributed by atoms with E-state index in [0.29, 0.717) is 6.04 Å². The zero-order valence-electron chi connectivity index (χ0n) is 9.37. The van der Waals surface area contributed by atoms with Crippen LogP contribution >= 0.6 is 0 Å². The van der Waals surface area contributed by atoms with Crippen LogP contribution in [0, 0.1) is 5.92 Å². The molecule has 1 saturated heterocycles. The van der Waals surface area contributed by atoms with Gasteiger partial charge in [-0.15, -0.1) is 0 Å². The largest absolute Gasteiger partial charge is 0.311 e. The van der Waals surface area contributed by atoms with Crippen molar-refractivity contribution in [1.82, 2.24) is 10.2 Å². The van der Waals surface area contributed by atoms with Gasteiger partial charge in [0.25, 0.3) is 0 Å². The van der Waals surface area contributed by atoms with Gasteiger partial charge in [0.1, 0.15) is 0 Å². The Morgan fingerprint density at radius 1 is 1.43 bits per heavy atom. The summed E-state index contributed by atoms with van der Waals surface area (Å²) >= 11 is 0. The standard InChI is InChI=1S/C12H22N2/c1-3-4-7-14-9-10(2)13-8-12(14)11-5-6-11/h3-4,10-13H,5-9H2,1-2H3/b4-3+. The third-order valence-corrected chi connectivity index (χ3v) is 3.39. The average molecular weight is 194 g/mol. The lowest BCUT2D eigenvalue weighted by atomic mass is 10.1. The average Bonchev–Trinajstić information content (AvgIpc) is 2.98. The van der Waals surface area contributed by atoms with Crippen molar-refractivity contribution in [2.45, 2.75) is 38.8 Å². The summed E-state index contributed by atoms with van der Waals surface area (Å²) in [5.41, 5.74) is 0. The van der Waals surface area contributed by atoms with E-state index in [1.165, 1.54) is 25.9 Å². The van der Waals surface area contributed by atoms with Crippen molar-refractivity contribution < 1.29 is 0 Å². The second-order valence-corrected chi connectivity index (χ2v) is 4.74. The Labute approximate surface area is 87.4 Å². The molecule has 2 rings (SSSR count). The van der Waals surface area contributed by atoms with Gasteiger partial charge in [-0.1, -0.05) is 12.2 Å². The predicted molar refractivity (Wildman–Crippen MR) is 60.4 cm³/mol. The quantitative estimate of drug-likeness (QED) is 0.687. The molecule has 0 radical (unpaired) electrons. The van der Waals surface area contributed by atoms with Crippen LogP contribution in [0.5, 0.6) is 0 Å². The fraction of sp³-hybridized carbons (Fsp3) is 0.833. The maximum Gasteiger partial charge on any atom is 0.0252 e. The molecule has 0 spiro atoms. The minimum atomic E-state index is 0.662. The molecule has 1 heterocycles. The van der Waals surface area contributed by atoms with Gasteiger partial charge in [0.05, 0.1) is 0 Å². The van der Waals surface area contributed by atoms with Crippen LogP contribution in [-0.2, 0) is 0 Å². The minimum absolute atomic E-state index is 0.662. The van der Waals surface area contributed by atoms with Crippen molar-refractivity contribution in [3.8, 4) is 0 Å². The molecular formula is C12H22N2. The summed E-state index contributed by atoms with van der Waals surface area (Å²) in [7, 11) is 0. The summed E-state index contributed by atoms with van der Waals surface area (Å²) in [6.45, 7) is 7.95. The van der Waals surface area contributed by atoms with Crippen LogP contribution in [0.3, 0.4) is 0 Å². The molecule has 1 N–H and O–H groups in total. The predicted octanol–water partition coefficient (Wildman–Crippen LogP) is 1.63. The van der Waals surface area contributed by atoms with Crippen molar-refractivity contribution in [3.63, 3.8) is 0 Å². The Hall–Kier alpha value is -0.340. The molecule has 2 nitrogen and oxygen atoms in total.